The van der Waals surface area contributed by atoms with Crippen molar-refractivity contribution in [2.45, 2.75) is 25.3 Å². The molecule has 0 aliphatic carbocycles. The first-order valence-electron chi connectivity index (χ1n) is 10.3. The van der Waals surface area contributed by atoms with Crippen LogP contribution in [0.1, 0.15) is 35.7 Å². The molecule has 6 nitrogen and oxygen atoms in total. The van der Waals surface area contributed by atoms with Crippen molar-refractivity contribution in [3.63, 3.8) is 0 Å². The zero-order chi connectivity index (χ0) is 20.7. The number of methoxy groups -OCH3 is 2. The van der Waals surface area contributed by atoms with E-state index in [0.29, 0.717) is 12.5 Å². The second kappa shape index (κ2) is 7.69. The van der Waals surface area contributed by atoms with Gasteiger partial charge in [0.1, 0.15) is 0 Å². The number of likely N-dealkylation sites (tertiary alicyclic amines) is 1. The Morgan fingerprint density at radius 2 is 1.80 bits per heavy atom. The molecule has 3 aromatic rings. The SMILES string of the molecule is COc1cc2c(C3CCCN3C)cnc(Cc3ccc4c(c3)OCO4)c2cc1OC. The summed E-state index contributed by atoms with van der Waals surface area (Å²) in [5.74, 6) is 3.05. The molecular weight excluding hydrogens is 380 g/mol. The molecule has 0 radical (unpaired) electrons. The van der Waals surface area contributed by atoms with Gasteiger partial charge in [-0.1, -0.05) is 6.07 Å². The topological polar surface area (TPSA) is 53.1 Å². The van der Waals surface area contributed by atoms with Crippen LogP contribution in [0.25, 0.3) is 10.8 Å². The smallest absolute Gasteiger partial charge is 0.231 e. The minimum atomic E-state index is 0.278. The number of nitrogens with zero attached hydrogens (tertiary/aromatic N) is 2. The number of aromatic nitrogens is 1. The Kier molecular flexibility index (Phi) is 4.87. The van der Waals surface area contributed by atoms with Gasteiger partial charge >= 0.3 is 0 Å². The molecule has 156 valence electrons. The summed E-state index contributed by atoms with van der Waals surface area (Å²) in [5, 5.41) is 2.28. The van der Waals surface area contributed by atoms with Crippen LogP contribution < -0.4 is 18.9 Å². The van der Waals surface area contributed by atoms with E-state index in [0.717, 1.165) is 52.6 Å². The molecule has 1 unspecified atom stereocenters. The number of fused-ring (bicyclic) bond motifs is 2. The van der Waals surface area contributed by atoms with Gasteiger partial charge in [-0.15, -0.1) is 0 Å². The Morgan fingerprint density at radius 1 is 1.03 bits per heavy atom. The van der Waals surface area contributed by atoms with Crippen LogP contribution in [0.4, 0.5) is 0 Å². The normalized spacial score (nSPS) is 18.2. The van der Waals surface area contributed by atoms with Crippen molar-refractivity contribution in [2.75, 3.05) is 34.6 Å². The molecule has 3 heterocycles. The summed E-state index contributed by atoms with van der Waals surface area (Å²) in [6.45, 7) is 1.39. The van der Waals surface area contributed by atoms with E-state index in [2.05, 4.69) is 30.1 Å². The fourth-order valence-electron chi connectivity index (χ4n) is 4.60. The van der Waals surface area contributed by atoms with Crippen LogP contribution in [0.3, 0.4) is 0 Å². The third kappa shape index (κ3) is 3.21. The second-order valence-electron chi connectivity index (χ2n) is 7.92. The number of ether oxygens (including phenoxy) is 4. The molecule has 2 aromatic carbocycles. The molecular formula is C24H26N2O4. The Balaban J connectivity index is 1.63. The molecule has 1 fully saturated rings. The van der Waals surface area contributed by atoms with Gasteiger partial charge in [0.05, 0.1) is 19.9 Å². The highest BCUT2D eigenvalue weighted by Crippen LogP contribution is 2.41. The third-order valence-corrected chi connectivity index (χ3v) is 6.19. The lowest BCUT2D eigenvalue weighted by molar-refractivity contribution is 0.174. The highest BCUT2D eigenvalue weighted by molar-refractivity contribution is 5.91. The summed E-state index contributed by atoms with van der Waals surface area (Å²) in [6, 6.07) is 10.6. The van der Waals surface area contributed by atoms with E-state index < -0.39 is 0 Å². The van der Waals surface area contributed by atoms with Gasteiger partial charge in [0.25, 0.3) is 0 Å². The monoisotopic (exact) mass is 406 g/mol. The third-order valence-electron chi connectivity index (χ3n) is 6.19. The molecule has 0 spiro atoms. The van der Waals surface area contributed by atoms with Crippen molar-refractivity contribution >= 4 is 10.8 Å². The Hall–Kier alpha value is -2.99. The van der Waals surface area contributed by atoms with Gasteiger partial charge in [-0.25, -0.2) is 0 Å². The zero-order valence-electron chi connectivity index (χ0n) is 17.6. The molecule has 1 saturated heterocycles. The number of pyridine rings is 1. The van der Waals surface area contributed by atoms with E-state index in [1.54, 1.807) is 14.2 Å². The zero-order valence-corrected chi connectivity index (χ0v) is 17.6. The maximum absolute atomic E-state index is 5.61. The standard InChI is InChI=1S/C24H26N2O4/c1-26-8-4-5-20(26)18-13-25-19(9-15-6-7-21-24(10-15)30-14-29-21)17-12-23(28-3)22(27-2)11-16(17)18/h6-7,10-13,20H,4-5,8-9,14H2,1-3H3. The first-order valence-corrected chi connectivity index (χ1v) is 10.3. The fraction of sp³-hybridized carbons (Fsp3) is 0.375. The fourth-order valence-corrected chi connectivity index (χ4v) is 4.60. The molecule has 0 bridgehead atoms. The Morgan fingerprint density at radius 3 is 2.53 bits per heavy atom. The summed E-state index contributed by atoms with van der Waals surface area (Å²) < 4.78 is 22.2. The minimum absolute atomic E-state index is 0.278. The molecule has 5 rings (SSSR count). The van der Waals surface area contributed by atoms with Crippen LogP contribution >= 0.6 is 0 Å². The first kappa shape index (κ1) is 19.0. The molecule has 0 saturated carbocycles. The lowest BCUT2D eigenvalue weighted by Crippen LogP contribution is -2.18. The molecule has 2 aliphatic heterocycles. The largest absolute Gasteiger partial charge is 0.493 e. The first-order chi connectivity index (χ1) is 14.7. The van der Waals surface area contributed by atoms with E-state index in [1.165, 1.54) is 17.4 Å². The van der Waals surface area contributed by atoms with Gasteiger partial charge in [-0.3, -0.25) is 9.88 Å². The van der Waals surface area contributed by atoms with Crippen LogP contribution in [0, 0.1) is 0 Å². The number of rotatable bonds is 5. The molecule has 0 amide bonds. The van der Waals surface area contributed by atoms with Gasteiger partial charge in [-0.2, -0.15) is 0 Å². The van der Waals surface area contributed by atoms with Crippen LogP contribution in [-0.4, -0.2) is 44.5 Å². The number of hydrogen-bond acceptors (Lipinski definition) is 6. The predicted molar refractivity (Wildman–Crippen MR) is 115 cm³/mol. The predicted octanol–water partition coefficient (Wildman–Crippen LogP) is 4.34. The van der Waals surface area contributed by atoms with Gasteiger partial charge in [0.2, 0.25) is 6.79 Å². The maximum atomic E-state index is 5.61. The molecule has 0 N–H and O–H groups in total. The lowest BCUT2D eigenvalue weighted by atomic mass is 9.95. The number of benzene rings is 2. The van der Waals surface area contributed by atoms with E-state index in [9.17, 15) is 0 Å². The second-order valence-corrected chi connectivity index (χ2v) is 7.92. The van der Waals surface area contributed by atoms with Crippen LogP contribution in [-0.2, 0) is 6.42 Å². The quantitative estimate of drug-likeness (QED) is 0.628. The molecule has 30 heavy (non-hydrogen) atoms. The molecule has 1 atom stereocenters. The summed E-state index contributed by atoms with van der Waals surface area (Å²) >= 11 is 0. The van der Waals surface area contributed by atoms with Gasteiger partial charge in [0.15, 0.2) is 23.0 Å². The van der Waals surface area contributed by atoms with E-state index >= 15 is 0 Å². The molecule has 6 heteroatoms. The Bertz CT molecular complexity index is 1100. The summed E-state index contributed by atoms with van der Waals surface area (Å²) in [7, 11) is 5.54. The highest BCUT2D eigenvalue weighted by atomic mass is 16.7. The van der Waals surface area contributed by atoms with Gasteiger partial charge < -0.3 is 18.9 Å². The van der Waals surface area contributed by atoms with Crippen LogP contribution in [0.5, 0.6) is 23.0 Å². The highest BCUT2D eigenvalue weighted by Gasteiger charge is 2.26. The van der Waals surface area contributed by atoms with Crippen molar-refractivity contribution in [3.05, 3.63) is 53.3 Å². The van der Waals surface area contributed by atoms with Crippen LogP contribution in [0.2, 0.25) is 0 Å². The van der Waals surface area contributed by atoms with Crippen molar-refractivity contribution < 1.29 is 18.9 Å². The maximum Gasteiger partial charge on any atom is 0.231 e. The van der Waals surface area contributed by atoms with Crippen LogP contribution in [0.15, 0.2) is 36.5 Å². The summed E-state index contributed by atoms with van der Waals surface area (Å²) in [4.78, 5) is 7.32. The van der Waals surface area contributed by atoms with E-state index in [1.807, 2.05) is 18.3 Å². The lowest BCUT2D eigenvalue weighted by Gasteiger charge is -2.23. The van der Waals surface area contributed by atoms with Crippen molar-refractivity contribution in [3.8, 4) is 23.0 Å². The van der Waals surface area contributed by atoms with Crippen molar-refractivity contribution in [1.82, 2.24) is 9.88 Å². The Labute approximate surface area is 176 Å². The van der Waals surface area contributed by atoms with Gasteiger partial charge in [-0.05, 0) is 67.2 Å². The van der Waals surface area contributed by atoms with E-state index in [-0.39, 0.29) is 6.79 Å². The minimum Gasteiger partial charge on any atom is -0.493 e. The van der Waals surface area contributed by atoms with E-state index in [4.69, 9.17) is 23.9 Å². The molecule has 1 aromatic heterocycles. The number of hydrogen-bond donors (Lipinski definition) is 0. The molecule has 2 aliphatic rings. The average molecular weight is 406 g/mol. The van der Waals surface area contributed by atoms with Gasteiger partial charge in [0, 0.05) is 24.0 Å². The van der Waals surface area contributed by atoms with Crippen molar-refractivity contribution in [1.29, 1.82) is 0 Å². The summed E-state index contributed by atoms with van der Waals surface area (Å²) in [6.07, 6.45) is 5.09. The summed E-state index contributed by atoms with van der Waals surface area (Å²) in [5.41, 5.74) is 3.39. The van der Waals surface area contributed by atoms with Crippen molar-refractivity contribution in [2.24, 2.45) is 0 Å². The average Bonchev–Trinajstić information content (AvgIpc) is 3.41.